The summed E-state index contributed by atoms with van der Waals surface area (Å²) in [5.41, 5.74) is 3.10. The summed E-state index contributed by atoms with van der Waals surface area (Å²) in [6.07, 6.45) is -1.78. The van der Waals surface area contributed by atoms with Crippen LogP contribution in [0.1, 0.15) is 25.8 Å². The van der Waals surface area contributed by atoms with Gasteiger partial charge in [-0.1, -0.05) is 60.5 Å². The van der Waals surface area contributed by atoms with Gasteiger partial charge in [0, 0.05) is 17.8 Å². The number of allylic oxidation sites excluding steroid dienone is 1. The van der Waals surface area contributed by atoms with Crippen molar-refractivity contribution < 1.29 is 13.2 Å². The van der Waals surface area contributed by atoms with E-state index in [4.69, 9.17) is 23.2 Å². The van der Waals surface area contributed by atoms with Gasteiger partial charge in [-0.3, -0.25) is 0 Å². The molecule has 0 aliphatic carbocycles. The molecule has 0 atom stereocenters. The van der Waals surface area contributed by atoms with Gasteiger partial charge in [0.15, 0.2) is 0 Å². The molecule has 0 heterocycles. The lowest BCUT2D eigenvalue weighted by atomic mass is 10.0. The quantitative estimate of drug-likeness (QED) is 0.472. The molecule has 0 radical (unpaired) electrons. The highest BCUT2D eigenvalue weighted by Crippen LogP contribution is 2.39. The SMILES string of the molecule is C=C/C(CNc1ccc(-c2ccc(Cl)c(C(F)(F)F)c2)c(Cl)c1)=C(\C)CC. The number of hydrogen-bond donors (Lipinski definition) is 1. The third-order valence-corrected chi connectivity index (χ3v) is 5.00. The van der Waals surface area contributed by atoms with Gasteiger partial charge in [0.1, 0.15) is 0 Å². The van der Waals surface area contributed by atoms with Crippen molar-refractivity contribution in [1.82, 2.24) is 0 Å². The van der Waals surface area contributed by atoms with E-state index < -0.39 is 11.7 Å². The second-order valence-corrected chi connectivity index (χ2v) is 6.92. The fraction of sp³-hybridized carbons (Fsp3) is 0.238. The van der Waals surface area contributed by atoms with Gasteiger partial charge >= 0.3 is 6.18 Å². The first-order valence-electron chi connectivity index (χ1n) is 8.39. The van der Waals surface area contributed by atoms with E-state index in [1.807, 2.05) is 13.0 Å². The summed E-state index contributed by atoms with van der Waals surface area (Å²) < 4.78 is 39.2. The second-order valence-electron chi connectivity index (χ2n) is 6.10. The minimum absolute atomic E-state index is 0.337. The Labute approximate surface area is 167 Å². The zero-order chi connectivity index (χ0) is 20.2. The van der Waals surface area contributed by atoms with Crippen LogP contribution in [0.3, 0.4) is 0 Å². The number of anilines is 1. The predicted molar refractivity (Wildman–Crippen MR) is 109 cm³/mol. The first-order chi connectivity index (χ1) is 12.7. The largest absolute Gasteiger partial charge is 0.417 e. The Kier molecular flexibility index (Phi) is 7.01. The van der Waals surface area contributed by atoms with Gasteiger partial charge in [-0.2, -0.15) is 13.2 Å². The van der Waals surface area contributed by atoms with Crippen LogP contribution in [0.15, 0.2) is 60.2 Å². The van der Waals surface area contributed by atoms with E-state index in [0.717, 1.165) is 23.7 Å². The molecule has 1 N–H and O–H groups in total. The average Bonchev–Trinajstić information content (AvgIpc) is 2.61. The van der Waals surface area contributed by atoms with E-state index in [1.54, 1.807) is 18.2 Å². The molecular formula is C21H20Cl2F3N. The van der Waals surface area contributed by atoms with Crippen molar-refractivity contribution in [2.24, 2.45) is 0 Å². The smallest absolute Gasteiger partial charge is 0.381 e. The summed E-state index contributed by atoms with van der Waals surface area (Å²) in [7, 11) is 0. The van der Waals surface area contributed by atoms with E-state index in [1.165, 1.54) is 17.7 Å². The Morgan fingerprint density at radius 3 is 2.37 bits per heavy atom. The van der Waals surface area contributed by atoms with E-state index in [9.17, 15) is 13.2 Å². The maximum atomic E-state index is 13.1. The average molecular weight is 414 g/mol. The van der Waals surface area contributed by atoms with Crippen LogP contribution < -0.4 is 5.32 Å². The van der Waals surface area contributed by atoms with E-state index >= 15 is 0 Å². The van der Waals surface area contributed by atoms with Crippen LogP contribution in [0.2, 0.25) is 10.0 Å². The molecule has 2 aromatic carbocycles. The van der Waals surface area contributed by atoms with Crippen molar-refractivity contribution in [2.45, 2.75) is 26.4 Å². The van der Waals surface area contributed by atoms with Crippen LogP contribution in [0.25, 0.3) is 11.1 Å². The van der Waals surface area contributed by atoms with Gasteiger partial charge in [0.2, 0.25) is 0 Å². The molecule has 0 spiro atoms. The van der Waals surface area contributed by atoms with Gasteiger partial charge in [0.05, 0.1) is 15.6 Å². The molecule has 6 heteroatoms. The summed E-state index contributed by atoms with van der Waals surface area (Å²) in [5.74, 6) is 0. The highest BCUT2D eigenvalue weighted by molar-refractivity contribution is 6.34. The minimum atomic E-state index is -4.52. The van der Waals surface area contributed by atoms with Crippen LogP contribution in [0.4, 0.5) is 18.9 Å². The molecule has 2 rings (SSSR count). The molecule has 0 unspecified atom stereocenters. The standard InChI is InChI=1S/C21H20Cl2F3N/c1-4-13(3)14(5-2)12-27-16-7-8-17(20(23)11-16)15-6-9-19(22)18(10-15)21(24,25)26/h5-11,27H,2,4,12H2,1,3H3/b14-13-. The molecule has 144 valence electrons. The molecule has 0 amide bonds. The minimum Gasteiger partial charge on any atom is -0.381 e. The fourth-order valence-corrected chi connectivity index (χ4v) is 3.11. The molecule has 2 aromatic rings. The van der Waals surface area contributed by atoms with Crippen molar-refractivity contribution in [3.8, 4) is 11.1 Å². The lowest BCUT2D eigenvalue weighted by Gasteiger charge is -2.14. The Morgan fingerprint density at radius 1 is 1.11 bits per heavy atom. The summed E-state index contributed by atoms with van der Waals surface area (Å²) in [5, 5.41) is 3.28. The summed E-state index contributed by atoms with van der Waals surface area (Å²) >= 11 is 12.0. The maximum absolute atomic E-state index is 13.1. The Bertz CT molecular complexity index is 870. The number of alkyl halides is 3. The van der Waals surface area contributed by atoms with Gasteiger partial charge in [-0.15, -0.1) is 0 Å². The van der Waals surface area contributed by atoms with E-state index in [2.05, 4.69) is 18.8 Å². The van der Waals surface area contributed by atoms with E-state index in [-0.39, 0.29) is 5.02 Å². The van der Waals surface area contributed by atoms with Gasteiger partial charge in [0.25, 0.3) is 0 Å². The highest BCUT2D eigenvalue weighted by Gasteiger charge is 2.33. The molecular weight excluding hydrogens is 394 g/mol. The predicted octanol–water partition coefficient (Wildman–Crippen LogP) is 8.00. The Hall–Kier alpha value is -1.91. The van der Waals surface area contributed by atoms with Gasteiger partial charge in [-0.25, -0.2) is 0 Å². The van der Waals surface area contributed by atoms with Crippen LogP contribution >= 0.6 is 23.2 Å². The van der Waals surface area contributed by atoms with Crippen LogP contribution in [-0.4, -0.2) is 6.54 Å². The normalized spacial score (nSPS) is 12.6. The van der Waals surface area contributed by atoms with Crippen LogP contribution in [0, 0.1) is 0 Å². The molecule has 0 bridgehead atoms. The molecule has 0 aromatic heterocycles. The van der Waals surface area contributed by atoms with E-state index in [0.29, 0.717) is 22.7 Å². The molecule has 1 nitrogen and oxygen atoms in total. The zero-order valence-corrected chi connectivity index (χ0v) is 16.6. The van der Waals surface area contributed by atoms with Gasteiger partial charge < -0.3 is 5.32 Å². The molecule has 0 saturated carbocycles. The fourth-order valence-electron chi connectivity index (χ4n) is 2.59. The number of hydrogen-bond acceptors (Lipinski definition) is 1. The summed E-state index contributed by atoms with van der Waals surface area (Å²) in [6.45, 7) is 8.54. The number of benzene rings is 2. The summed E-state index contributed by atoms with van der Waals surface area (Å²) in [6, 6.07) is 8.94. The lowest BCUT2D eigenvalue weighted by Crippen LogP contribution is -2.06. The molecule has 0 fully saturated rings. The first-order valence-corrected chi connectivity index (χ1v) is 9.14. The monoisotopic (exact) mass is 413 g/mol. The lowest BCUT2D eigenvalue weighted by molar-refractivity contribution is -0.137. The second kappa shape index (κ2) is 8.85. The maximum Gasteiger partial charge on any atom is 0.417 e. The number of nitrogens with one attached hydrogen (secondary N) is 1. The molecule has 27 heavy (non-hydrogen) atoms. The Morgan fingerprint density at radius 2 is 1.81 bits per heavy atom. The molecule has 0 aliphatic heterocycles. The third kappa shape index (κ3) is 5.30. The van der Waals surface area contributed by atoms with Crippen LogP contribution in [-0.2, 0) is 6.18 Å². The molecule has 0 saturated heterocycles. The highest BCUT2D eigenvalue weighted by atomic mass is 35.5. The van der Waals surface area contributed by atoms with Crippen molar-refractivity contribution in [3.05, 3.63) is 75.8 Å². The number of rotatable bonds is 6. The van der Waals surface area contributed by atoms with Crippen molar-refractivity contribution in [2.75, 3.05) is 11.9 Å². The van der Waals surface area contributed by atoms with Crippen molar-refractivity contribution in [1.29, 1.82) is 0 Å². The van der Waals surface area contributed by atoms with Crippen LogP contribution in [0.5, 0.6) is 0 Å². The Balaban J connectivity index is 2.29. The first kappa shape index (κ1) is 21.4. The van der Waals surface area contributed by atoms with Crippen molar-refractivity contribution in [3.63, 3.8) is 0 Å². The summed E-state index contributed by atoms with van der Waals surface area (Å²) in [4.78, 5) is 0. The topological polar surface area (TPSA) is 12.0 Å². The van der Waals surface area contributed by atoms with Crippen molar-refractivity contribution >= 4 is 28.9 Å². The number of halogens is 5. The zero-order valence-electron chi connectivity index (χ0n) is 15.1. The third-order valence-electron chi connectivity index (χ3n) is 4.36. The molecule has 0 aliphatic rings. The van der Waals surface area contributed by atoms with Gasteiger partial charge in [-0.05, 0) is 48.7 Å².